The average Bonchev–Trinajstić information content (AvgIpc) is 2.66. The van der Waals surface area contributed by atoms with Crippen LogP contribution in [0.15, 0.2) is 0 Å². The van der Waals surface area contributed by atoms with Crippen LogP contribution in [0.2, 0.25) is 0 Å². The highest BCUT2D eigenvalue weighted by Gasteiger charge is 2.31. The lowest BCUT2D eigenvalue weighted by Gasteiger charge is -2.39. The lowest BCUT2D eigenvalue weighted by Crippen LogP contribution is -2.54. The monoisotopic (exact) mass is 213 g/mol. The fraction of sp³-hybridized carbons (Fsp3) is 1.00. The lowest BCUT2D eigenvalue weighted by molar-refractivity contribution is 0.0805. The Morgan fingerprint density at radius 3 is 2.40 bits per heavy atom. The lowest BCUT2D eigenvalue weighted by atomic mass is 10.1. The maximum absolute atomic E-state index is 8.86. The molecule has 0 spiro atoms. The zero-order valence-electron chi connectivity index (χ0n) is 9.44. The summed E-state index contributed by atoms with van der Waals surface area (Å²) in [5.41, 5.74) is 6.11. The third-order valence-corrected chi connectivity index (χ3v) is 3.82. The first-order valence-electron chi connectivity index (χ1n) is 6.14. The minimum Gasteiger partial charge on any atom is -0.395 e. The molecule has 0 bridgehead atoms. The van der Waals surface area contributed by atoms with Crippen LogP contribution in [0.5, 0.6) is 0 Å². The first kappa shape index (κ1) is 11.3. The highest BCUT2D eigenvalue weighted by Crippen LogP contribution is 2.23. The fourth-order valence-corrected chi connectivity index (χ4v) is 2.88. The molecule has 1 saturated carbocycles. The topological polar surface area (TPSA) is 52.7 Å². The van der Waals surface area contributed by atoms with Gasteiger partial charge >= 0.3 is 0 Å². The van der Waals surface area contributed by atoms with Crippen LogP contribution in [0.25, 0.3) is 0 Å². The number of piperazine rings is 1. The molecule has 88 valence electrons. The normalized spacial score (nSPS) is 34.8. The van der Waals surface area contributed by atoms with Crippen molar-refractivity contribution < 1.29 is 5.11 Å². The average molecular weight is 213 g/mol. The van der Waals surface area contributed by atoms with Crippen LogP contribution in [-0.2, 0) is 0 Å². The molecule has 4 nitrogen and oxygen atoms in total. The maximum atomic E-state index is 8.86. The van der Waals surface area contributed by atoms with Gasteiger partial charge in [-0.1, -0.05) is 6.42 Å². The molecule has 0 aromatic rings. The molecule has 1 aliphatic carbocycles. The van der Waals surface area contributed by atoms with E-state index in [4.69, 9.17) is 10.8 Å². The van der Waals surface area contributed by atoms with Crippen molar-refractivity contribution in [3.63, 3.8) is 0 Å². The van der Waals surface area contributed by atoms with Gasteiger partial charge in [-0.2, -0.15) is 0 Å². The van der Waals surface area contributed by atoms with E-state index in [0.29, 0.717) is 12.1 Å². The summed E-state index contributed by atoms with van der Waals surface area (Å²) in [6.07, 6.45) is 3.77. The largest absolute Gasteiger partial charge is 0.395 e. The predicted molar refractivity (Wildman–Crippen MR) is 60.7 cm³/mol. The Labute approximate surface area is 92.0 Å². The van der Waals surface area contributed by atoms with Crippen molar-refractivity contribution in [2.75, 3.05) is 39.3 Å². The van der Waals surface area contributed by atoms with Crippen LogP contribution >= 0.6 is 0 Å². The van der Waals surface area contributed by atoms with E-state index in [2.05, 4.69) is 9.80 Å². The van der Waals surface area contributed by atoms with E-state index in [1.165, 1.54) is 19.3 Å². The smallest absolute Gasteiger partial charge is 0.0558 e. The van der Waals surface area contributed by atoms with Gasteiger partial charge in [-0.3, -0.25) is 9.80 Å². The molecule has 2 atom stereocenters. The van der Waals surface area contributed by atoms with E-state index >= 15 is 0 Å². The van der Waals surface area contributed by atoms with Gasteiger partial charge in [-0.25, -0.2) is 0 Å². The maximum Gasteiger partial charge on any atom is 0.0558 e. The highest BCUT2D eigenvalue weighted by atomic mass is 16.3. The molecular formula is C11H23N3O. The highest BCUT2D eigenvalue weighted by molar-refractivity contribution is 4.90. The second kappa shape index (κ2) is 5.25. The van der Waals surface area contributed by atoms with Crippen LogP contribution in [0.4, 0.5) is 0 Å². The van der Waals surface area contributed by atoms with Gasteiger partial charge in [0.2, 0.25) is 0 Å². The van der Waals surface area contributed by atoms with Gasteiger partial charge in [0.1, 0.15) is 0 Å². The first-order valence-corrected chi connectivity index (χ1v) is 6.14. The summed E-state index contributed by atoms with van der Waals surface area (Å²) < 4.78 is 0. The van der Waals surface area contributed by atoms with Crippen molar-refractivity contribution in [1.29, 1.82) is 0 Å². The van der Waals surface area contributed by atoms with Gasteiger partial charge in [0, 0.05) is 44.8 Å². The molecule has 0 aromatic heterocycles. The van der Waals surface area contributed by atoms with E-state index in [0.717, 1.165) is 32.7 Å². The van der Waals surface area contributed by atoms with E-state index in [1.807, 2.05) is 0 Å². The van der Waals surface area contributed by atoms with Crippen molar-refractivity contribution >= 4 is 0 Å². The van der Waals surface area contributed by atoms with E-state index < -0.39 is 0 Å². The van der Waals surface area contributed by atoms with Crippen molar-refractivity contribution in [3.05, 3.63) is 0 Å². The minimum absolute atomic E-state index is 0.281. The van der Waals surface area contributed by atoms with Crippen LogP contribution in [0.3, 0.4) is 0 Å². The van der Waals surface area contributed by atoms with Crippen molar-refractivity contribution in [2.45, 2.75) is 31.3 Å². The number of nitrogens with two attached hydrogens (primary N) is 1. The van der Waals surface area contributed by atoms with Gasteiger partial charge in [-0.15, -0.1) is 0 Å². The summed E-state index contributed by atoms with van der Waals surface area (Å²) in [6.45, 7) is 5.53. The zero-order chi connectivity index (χ0) is 10.7. The Bertz CT molecular complexity index is 192. The molecule has 15 heavy (non-hydrogen) atoms. The Morgan fingerprint density at radius 1 is 1.13 bits per heavy atom. The van der Waals surface area contributed by atoms with Crippen molar-refractivity contribution in [1.82, 2.24) is 9.80 Å². The van der Waals surface area contributed by atoms with Gasteiger partial charge in [0.05, 0.1) is 6.61 Å². The molecule has 4 heteroatoms. The second-order valence-electron chi connectivity index (χ2n) is 4.76. The number of aliphatic hydroxyl groups excluding tert-OH is 1. The van der Waals surface area contributed by atoms with Crippen LogP contribution in [-0.4, -0.2) is 66.3 Å². The molecule has 0 amide bonds. The van der Waals surface area contributed by atoms with Crippen molar-refractivity contribution in [2.24, 2.45) is 5.73 Å². The molecule has 2 rings (SSSR count). The molecule has 0 radical (unpaired) electrons. The quantitative estimate of drug-likeness (QED) is 0.662. The van der Waals surface area contributed by atoms with Crippen LogP contribution in [0, 0.1) is 0 Å². The molecule has 3 N–H and O–H groups in total. The fourth-order valence-electron chi connectivity index (χ4n) is 2.88. The Morgan fingerprint density at radius 2 is 1.87 bits per heavy atom. The summed E-state index contributed by atoms with van der Waals surface area (Å²) in [7, 11) is 0. The standard InChI is InChI=1S/C11H23N3O/c12-10-2-1-3-11(10)14-6-4-13(5-7-14)8-9-15/h10-11,15H,1-9,12H2. The molecule has 2 fully saturated rings. The van der Waals surface area contributed by atoms with E-state index in [1.54, 1.807) is 0 Å². The van der Waals surface area contributed by atoms with Gasteiger partial charge in [0.25, 0.3) is 0 Å². The molecule has 2 aliphatic rings. The molecule has 1 saturated heterocycles. The Kier molecular flexibility index (Phi) is 3.97. The van der Waals surface area contributed by atoms with Gasteiger partial charge in [-0.05, 0) is 12.8 Å². The predicted octanol–water partition coefficient (Wildman–Crippen LogP) is -0.524. The first-order chi connectivity index (χ1) is 7.31. The molecule has 2 unspecified atom stereocenters. The summed E-state index contributed by atoms with van der Waals surface area (Å²) in [5.74, 6) is 0. The number of rotatable bonds is 3. The number of nitrogens with zero attached hydrogens (tertiary/aromatic N) is 2. The summed E-state index contributed by atoms with van der Waals surface area (Å²) in [4.78, 5) is 4.88. The molecule has 1 heterocycles. The summed E-state index contributed by atoms with van der Waals surface area (Å²) >= 11 is 0. The number of hydrogen-bond acceptors (Lipinski definition) is 4. The Hall–Kier alpha value is -0.160. The second-order valence-corrected chi connectivity index (χ2v) is 4.76. The molecular weight excluding hydrogens is 190 g/mol. The molecule has 0 aromatic carbocycles. The summed E-state index contributed by atoms with van der Waals surface area (Å²) in [6, 6.07) is 1.02. The number of β-amino-alcohol motifs (C(OH)–C–C–N with tert-alkyl or cyclic N) is 1. The van der Waals surface area contributed by atoms with Gasteiger partial charge < -0.3 is 10.8 Å². The summed E-state index contributed by atoms with van der Waals surface area (Å²) in [5, 5.41) is 8.86. The van der Waals surface area contributed by atoms with Crippen LogP contribution in [0.1, 0.15) is 19.3 Å². The molecule has 1 aliphatic heterocycles. The third kappa shape index (κ3) is 2.69. The SMILES string of the molecule is NC1CCCC1N1CCN(CCO)CC1. The number of aliphatic hydroxyl groups is 1. The minimum atomic E-state index is 0.281. The van der Waals surface area contributed by atoms with Crippen LogP contribution < -0.4 is 5.73 Å². The zero-order valence-corrected chi connectivity index (χ0v) is 9.44. The van der Waals surface area contributed by atoms with E-state index in [-0.39, 0.29) is 6.61 Å². The number of hydrogen-bond donors (Lipinski definition) is 2. The Balaban J connectivity index is 1.77. The van der Waals surface area contributed by atoms with E-state index in [9.17, 15) is 0 Å². The van der Waals surface area contributed by atoms with Crippen molar-refractivity contribution in [3.8, 4) is 0 Å². The van der Waals surface area contributed by atoms with Gasteiger partial charge in [0.15, 0.2) is 0 Å². The third-order valence-electron chi connectivity index (χ3n) is 3.82.